The number of benzene rings is 7. The van der Waals surface area contributed by atoms with Crippen molar-refractivity contribution in [3.05, 3.63) is 194 Å². The Bertz CT molecular complexity index is 2500. The van der Waals surface area contributed by atoms with Crippen LogP contribution in [0.4, 0.5) is 17.1 Å². The number of hydrogen-bond acceptors (Lipinski definition) is 3. The van der Waals surface area contributed by atoms with Gasteiger partial charge in [0.15, 0.2) is 0 Å². The third-order valence-corrected chi connectivity index (χ3v) is 9.32. The van der Waals surface area contributed by atoms with Gasteiger partial charge in [0, 0.05) is 57.0 Å². The van der Waals surface area contributed by atoms with Gasteiger partial charge < -0.3 is 9.47 Å². The molecule has 0 amide bonds. The van der Waals surface area contributed by atoms with Crippen molar-refractivity contribution in [1.82, 2.24) is 14.5 Å². The second-order valence-corrected chi connectivity index (χ2v) is 12.3. The Morgan fingerprint density at radius 1 is 0.340 bits per heavy atom. The van der Waals surface area contributed by atoms with Crippen molar-refractivity contribution in [1.29, 1.82) is 0 Å². The van der Waals surface area contributed by atoms with Crippen molar-refractivity contribution < 1.29 is 0 Å². The lowest BCUT2D eigenvalue weighted by molar-refractivity contribution is 1.17. The SMILES string of the molecule is c1ccc(-c2ccc(N(c3ccc(-c4nccnc4-c4ccccc4)cc3)c3ccc(-n4c5ccccc5c5ccccc54)cc3)cc2)cc1. The third kappa shape index (κ3) is 5.29. The van der Waals surface area contributed by atoms with Crippen molar-refractivity contribution in [2.75, 3.05) is 4.90 Å². The van der Waals surface area contributed by atoms with Crippen LogP contribution in [0.15, 0.2) is 194 Å². The van der Waals surface area contributed by atoms with Gasteiger partial charge >= 0.3 is 0 Å². The van der Waals surface area contributed by atoms with Crippen molar-refractivity contribution >= 4 is 38.9 Å². The van der Waals surface area contributed by atoms with Crippen LogP contribution < -0.4 is 4.90 Å². The highest BCUT2D eigenvalue weighted by atomic mass is 15.1. The molecule has 4 nitrogen and oxygen atoms in total. The monoisotopic (exact) mass is 640 g/mol. The zero-order chi connectivity index (χ0) is 33.3. The summed E-state index contributed by atoms with van der Waals surface area (Å²) in [5, 5.41) is 2.51. The minimum atomic E-state index is 0.861. The molecule has 9 rings (SSSR count). The van der Waals surface area contributed by atoms with Gasteiger partial charge in [0.1, 0.15) is 0 Å². The summed E-state index contributed by atoms with van der Waals surface area (Å²) in [7, 11) is 0. The molecular weight excluding hydrogens is 609 g/mol. The van der Waals surface area contributed by atoms with Crippen LogP contribution in [0.2, 0.25) is 0 Å². The molecule has 0 N–H and O–H groups in total. The first kappa shape index (κ1) is 29.4. The molecule has 0 spiro atoms. The van der Waals surface area contributed by atoms with E-state index in [1.54, 1.807) is 12.4 Å². The molecule has 0 fully saturated rings. The summed E-state index contributed by atoms with van der Waals surface area (Å²) in [5.74, 6) is 0. The van der Waals surface area contributed by atoms with E-state index in [9.17, 15) is 0 Å². The molecule has 236 valence electrons. The van der Waals surface area contributed by atoms with E-state index >= 15 is 0 Å². The van der Waals surface area contributed by atoms with Gasteiger partial charge in [-0.05, 0) is 71.8 Å². The quantitative estimate of drug-likeness (QED) is 0.174. The van der Waals surface area contributed by atoms with Crippen LogP contribution >= 0.6 is 0 Å². The van der Waals surface area contributed by atoms with Crippen molar-refractivity contribution in [3.63, 3.8) is 0 Å². The van der Waals surface area contributed by atoms with Gasteiger partial charge in [-0.3, -0.25) is 9.97 Å². The molecular formula is C46H32N4. The van der Waals surface area contributed by atoms with E-state index in [2.05, 4.69) is 173 Å². The fraction of sp³-hybridized carbons (Fsp3) is 0. The Balaban J connectivity index is 1.13. The first-order valence-corrected chi connectivity index (χ1v) is 16.8. The molecule has 0 aliphatic carbocycles. The molecule has 9 aromatic rings. The predicted octanol–water partition coefficient (Wildman–Crippen LogP) is 12.0. The van der Waals surface area contributed by atoms with Gasteiger partial charge in [-0.2, -0.15) is 0 Å². The van der Waals surface area contributed by atoms with Crippen LogP contribution in [0.1, 0.15) is 0 Å². The summed E-state index contributed by atoms with van der Waals surface area (Å²) in [4.78, 5) is 11.8. The molecule has 50 heavy (non-hydrogen) atoms. The highest BCUT2D eigenvalue weighted by Crippen LogP contribution is 2.39. The molecule has 2 aromatic heterocycles. The second-order valence-electron chi connectivity index (χ2n) is 12.3. The topological polar surface area (TPSA) is 34.0 Å². The molecule has 0 atom stereocenters. The molecule has 7 aromatic carbocycles. The van der Waals surface area contributed by atoms with Crippen LogP contribution in [0.3, 0.4) is 0 Å². The minimum absolute atomic E-state index is 0.861. The van der Waals surface area contributed by atoms with E-state index in [0.717, 1.165) is 45.3 Å². The molecule has 0 saturated heterocycles. The average molecular weight is 641 g/mol. The smallest absolute Gasteiger partial charge is 0.0965 e. The summed E-state index contributed by atoms with van der Waals surface area (Å²) in [6, 6.07) is 64.3. The number of hydrogen-bond donors (Lipinski definition) is 0. The van der Waals surface area contributed by atoms with E-state index in [-0.39, 0.29) is 0 Å². The van der Waals surface area contributed by atoms with E-state index in [1.807, 2.05) is 18.2 Å². The van der Waals surface area contributed by atoms with Gasteiger partial charge in [0.2, 0.25) is 0 Å². The molecule has 2 heterocycles. The molecule has 0 radical (unpaired) electrons. The number of para-hydroxylation sites is 2. The Hall–Kier alpha value is -6.78. The van der Waals surface area contributed by atoms with Crippen LogP contribution in [0, 0.1) is 0 Å². The van der Waals surface area contributed by atoms with Crippen LogP contribution in [-0.4, -0.2) is 14.5 Å². The third-order valence-electron chi connectivity index (χ3n) is 9.32. The van der Waals surface area contributed by atoms with Crippen LogP contribution in [-0.2, 0) is 0 Å². The van der Waals surface area contributed by atoms with Gasteiger partial charge in [-0.1, -0.05) is 121 Å². The maximum atomic E-state index is 4.75. The molecule has 0 saturated carbocycles. The summed E-state index contributed by atoms with van der Waals surface area (Å²) in [6.07, 6.45) is 3.51. The van der Waals surface area contributed by atoms with Crippen molar-refractivity contribution in [2.45, 2.75) is 0 Å². The van der Waals surface area contributed by atoms with Gasteiger partial charge in [0.05, 0.1) is 22.4 Å². The van der Waals surface area contributed by atoms with E-state index in [0.29, 0.717) is 0 Å². The highest BCUT2D eigenvalue weighted by molar-refractivity contribution is 6.09. The number of aromatic nitrogens is 3. The Morgan fingerprint density at radius 2 is 0.720 bits per heavy atom. The number of anilines is 3. The van der Waals surface area contributed by atoms with E-state index in [1.165, 1.54) is 32.9 Å². The van der Waals surface area contributed by atoms with E-state index in [4.69, 9.17) is 9.97 Å². The van der Waals surface area contributed by atoms with Gasteiger partial charge in [-0.15, -0.1) is 0 Å². The van der Waals surface area contributed by atoms with Gasteiger partial charge in [-0.25, -0.2) is 0 Å². The molecule has 0 unspecified atom stereocenters. The molecule has 0 aliphatic rings. The van der Waals surface area contributed by atoms with Gasteiger partial charge in [0.25, 0.3) is 0 Å². The maximum Gasteiger partial charge on any atom is 0.0965 e. The zero-order valence-electron chi connectivity index (χ0n) is 27.3. The Kier molecular flexibility index (Phi) is 7.45. The fourth-order valence-electron chi connectivity index (χ4n) is 6.96. The lowest BCUT2D eigenvalue weighted by atomic mass is 10.0. The van der Waals surface area contributed by atoms with Crippen LogP contribution in [0.25, 0.3) is 61.1 Å². The number of nitrogens with zero attached hydrogens (tertiary/aromatic N) is 4. The number of rotatable bonds is 7. The summed E-state index contributed by atoms with van der Waals surface area (Å²) < 4.78 is 2.35. The van der Waals surface area contributed by atoms with E-state index < -0.39 is 0 Å². The second kappa shape index (κ2) is 12.7. The molecule has 0 aliphatic heterocycles. The average Bonchev–Trinajstić information content (AvgIpc) is 3.54. The first-order chi connectivity index (χ1) is 24.8. The Morgan fingerprint density at radius 3 is 1.24 bits per heavy atom. The van der Waals surface area contributed by atoms with Crippen molar-refractivity contribution in [3.8, 4) is 39.3 Å². The predicted molar refractivity (Wildman–Crippen MR) is 207 cm³/mol. The Labute approximate surface area is 291 Å². The largest absolute Gasteiger partial charge is 0.311 e. The zero-order valence-corrected chi connectivity index (χ0v) is 27.3. The first-order valence-electron chi connectivity index (χ1n) is 16.8. The molecule has 4 heteroatoms. The number of fused-ring (bicyclic) bond motifs is 3. The van der Waals surface area contributed by atoms with Crippen molar-refractivity contribution in [2.24, 2.45) is 0 Å². The van der Waals surface area contributed by atoms with Crippen LogP contribution in [0.5, 0.6) is 0 Å². The summed E-state index contributed by atoms with van der Waals surface area (Å²) >= 11 is 0. The standard InChI is InChI=1S/C46H32N4/c1-3-11-33(12-4-1)34-19-23-37(24-20-34)49(38-25-21-36(22-26-38)46-45(47-31-32-48-46)35-13-5-2-6-14-35)39-27-29-40(30-28-39)50-43-17-9-7-15-41(43)42-16-8-10-18-44(42)50/h1-32H. The highest BCUT2D eigenvalue weighted by Gasteiger charge is 2.17. The fourth-order valence-corrected chi connectivity index (χ4v) is 6.96. The minimum Gasteiger partial charge on any atom is -0.311 e. The summed E-state index contributed by atoms with van der Waals surface area (Å²) in [5.41, 5.74) is 12.9. The lowest BCUT2D eigenvalue weighted by Crippen LogP contribution is -2.10. The summed E-state index contributed by atoms with van der Waals surface area (Å²) in [6.45, 7) is 0. The lowest BCUT2D eigenvalue weighted by Gasteiger charge is -2.26. The maximum absolute atomic E-state index is 4.75. The molecule has 0 bridgehead atoms. The normalized spacial score (nSPS) is 11.2.